The van der Waals surface area contributed by atoms with Gasteiger partial charge in [0.25, 0.3) is 11.8 Å². The van der Waals surface area contributed by atoms with Gasteiger partial charge in [0.1, 0.15) is 17.1 Å². The molecule has 0 saturated carbocycles. The lowest BCUT2D eigenvalue weighted by Crippen LogP contribution is -2.30. The summed E-state index contributed by atoms with van der Waals surface area (Å²) in [6.07, 6.45) is -1.28. The fourth-order valence-corrected chi connectivity index (χ4v) is 4.68. The minimum atomic E-state index is -1.28. The number of methoxy groups -OCH3 is 2. The maximum absolute atomic E-state index is 13.5. The van der Waals surface area contributed by atoms with Crippen LogP contribution in [-0.4, -0.2) is 37.8 Å². The molecule has 1 heterocycles. The minimum Gasteiger partial charge on any atom is -0.497 e. The number of imide groups is 1. The van der Waals surface area contributed by atoms with Gasteiger partial charge < -0.3 is 14.2 Å². The molecule has 1 aliphatic rings. The van der Waals surface area contributed by atoms with Crippen molar-refractivity contribution in [3.05, 3.63) is 124 Å². The number of fused-ring (bicyclic) bond motifs is 1. The number of carbonyl (C=O) groups excluding carboxylic acids is 4. The molecule has 4 aromatic rings. The number of anilines is 1. The van der Waals surface area contributed by atoms with Gasteiger partial charge in [-0.3, -0.25) is 14.4 Å². The molecule has 0 aromatic heterocycles. The first-order valence-electron chi connectivity index (χ1n) is 12.1. The predicted octanol–water partition coefficient (Wildman–Crippen LogP) is 5.94. The highest BCUT2D eigenvalue weighted by Gasteiger charge is 2.38. The highest BCUT2D eigenvalue weighted by Crippen LogP contribution is 2.38. The molecule has 1 aliphatic heterocycles. The average Bonchev–Trinajstić information content (AvgIpc) is 3.25. The summed E-state index contributed by atoms with van der Waals surface area (Å²) < 4.78 is 16.3. The molecule has 0 N–H and O–H groups in total. The lowest BCUT2D eigenvalue weighted by Gasteiger charge is -2.20. The number of ketones is 1. The number of rotatable bonds is 8. The van der Waals surface area contributed by atoms with Crippen LogP contribution in [0.2, 0.25) is 5.02 Å². The second kappa shape index (κ2) is 11.0. The number of ether oxygens (including phenoxy) is 3. The molecule has 0 fully saturated rings. The quantitative estimate of drug-likeness (QED) is 0.151. The Balaban J connectivity index is 1.48. The Kier molecular flexibility index (Phi) is 7.35. The van der Waals surface area contributed by atoms with Crippen molar-refractivity contribution < 1.29 is 33.4 Å². The molecular formula is C31H22ClNO7. The maximum Gasteiger partial charge on any atom is 0.343 e. The number of nitrogens with zero attached hydrogens (tertiary/aromatic N) is 1. The smallest absolute Gasteiger partial charge is 0.343 e. The van der Waals surface area contributed by atoms with Crippen LogP contribution in [-0.2, 0) is 4.74 Å². The van der Waals surface area contributed by atoms with Crippen molar-refractivity contribution in [3.63, 3.8) is 0 Å². The minimum absolute atomic E-state index is 0.00432. The molecule has 2 amide bonds. The molecule has 0 aliphatic carbocycles. The normalized spacial score (nSPS) is 13.0. The van der Waals surface area contributed by atoms with E-state index in [1.165, 1.54) is 26.4 Å². The number of halogens is 1. The third kappa shape index (κ3) is 4.81. The molecule has 0 spiro atoms. The Morgan fingerprint density at radius 2 is 1.38 bits per heavy atom. The van der Waals surface area contributed by atoms with Gasteiger partial charge >= 0.3 is 5.97 Å². The summed E-state index contributed by atoms with van der Waals surface area (Å²) in [4.78, 5) is 53.9. The molecule has 4 aromatic carbocycles. The van der Waals surface area contributed by atoms with Gasteiger partial charge in [0, 0.05) is 17.2 Å². The number of hydrogen-bond donors (Lipinski definition) is 0. The molecule has 0 unspecified atom stereocenters. The average molecular weight is 556 g/mol. The lowest BCUT2D eigenvalue weighted by molar-refractivity contribution is 0.0277. The van der Waals surface area contributed by atoms with Crippen LogP contribution in [0.4, 0.5) is 5.69 Å². The van der Waals surface area contributed by atoms with E-state index in [0.717, 1.165) is 4.90 Å². The van der Waals surface area contributed by atoms with Gasteiger partial charge in [-0.1, -0.05) is 54.1 Å². The summed E-state index contributed by atoms with van der Waals surface area (Å²) in [5.41, 5.74) is 1.23. The molecule has 9 heteroatoms. The number of Topliss-reactive ketones (excluding diaryl/α,β-unsaturated/α-hetero) is 1. The van der Waals surface area contributed by atoms with Crippen LogP contribution >= 0.6 is 11.6 Å². The van der Waals surface area contributed by atoms with Crippen molar-refractivity contribution >= 4 is 40.9 Å². The third-order valence-corrected chi connectivity index (χ3v) is 6.77. The molecule has 1 atom stereocenters. The molecular weight excluding hydrogens is 534 g/mol. The van der Waals surface area contributed by atoms with Gasteiger partial charge in [0.05, 0.1) is 36.1 Å². The van der Waals surface area contributed by atoms with E-state index in [1.807, 2.05) is 0 Å². The third-order valence-electron chi connectivity index (χ3n) is 6.46. The van der Waals surface area contributed by atoms with Crippen LogP contribution in [0.15, 0.2) is 91.0 Å². The lowest BCUT2D eigenvalue weighted by atomic mass is 9.99. The van der Waals surface area contributed by atoms with Crippen molar-refractivity contribution in [2.75, 3.05) is 19.1 Å². The standard InChI is InChI=1S/C31H22ClNO7/c1-38-20-14-12-18(13-15-20)27(34)28(19-8-4-3-5-9-19)40-31(37)23-16-24(32)25(17-26(23)39-2)33-29(35)21-10-6-7-11-22(21)30(33)36/h3-17,28H,1-2H3/t28-/m0/s1. The second-order valence-corrected chi connectivity index (χ2v) is 9.19. The van der Waals surface area contributed by atoms with E-state index in [1.54, 1.807) is 78.9 Å². The first-order chi connectivity index (χ1) is 19.3. The van der Waals surface area contributed by atoms with Crippen LogP contribution < -0.4 is 14.4 Å². The van der Waals surface area contributed by atoms with Crippen LogP contribution in [0.1, 0.15) is 53.1 Å². The van der Waals surface area contributed by atoms with Crippen LogP contribution in [0.25, 0.3) is 0 Å². The van der Waals surface area contributed by atoms with Crippen LogP contribution in [0.5, 0.6) is 11.5 Å². The predicted molar refractivity (Wildman–Crippen MR) is 148 cm³/mol. The van der Waals surface area contributed by atoms with Gasteiger partial charge in [-0.05, 0) is 42.5 Å². The zero-order valence-electron chi connectivity index (χ0n) is 21.4. The molecule has 0 saturated heterocycles. The summed E-state index contributed by atoms with van der Waals surface area (Å²) in [5, 5.41) is -0.0556. The van der Waals surface area contributed by atoms with E-state index >= 15 is 0 Å². The van der Waals surface area contributed by atoms with Crippen molar-refractivity contribution in [2.45, 2.75) is 6.10 Å². The van der Waals surface area contributed by atoms with Crippen molar-refractivity contribution in [3.8, 4) is 11.5 Å². The van der Waals surface area contributed by atoms with Crippen molar-refractivity contribution in [1.29, 1.82) is 0 Å². The highest BCUT2D eigenvalue weighted by atomic mass is 35.5. The van der Waals surface area contributed by atoms with Crippen LogP contribution in [0, 0.1) is 0 Å². The molecule has 5 rings (SSSR count). The molecule has 0 radical (unpaired) electrons. The Bertz CT molecular complexity index is 1600. The Morgan fingerprint density at radius 1 is 0.775 bits per heavy atom. The van der Waals surface area contributed by atoms with E-state index < -0.39 is 29.7 Å². The van der Waals surface area contributed by atoms with Gasteiger partial charge in [0.15, 0.2) is 6.10 Å². The molecule has 8 nitrogen and oxygen atoms in total. The van der Waals surface area contributed by atoms with Gasteiger partial charge in [-0.15, -0.1) is 0 Å². The van der Waals surface area contributed by atoms with Gasteiger partial charge in [-0.25, -0.2) is 9.69 Å². The fourth-order valence-electron chi connectivity index (χ4n) is 4.43. The van der Waals surface area contributed by atoms with Crippen molar-refractivity contribution in [2.24, 2.45) is 0 Å². The number of carbonyl (C=O) groups is 4. The highest BCUT2D eigenvalue weighted by molar-refractivity contribution is 6.40. The van der Waals surface area contributed by atoms with Gasteiger partial charge in [-0.2, -0.15) is 0 Å². The van der Waals surface area contributed by atoms with E-state index in [9.17, 15) is 19.2 Å². The van der Waals surface area contributed by atoms with E-state index in [-0.39, 0.29) is 33.1 Å². The fraction of sp³-hybridized carbons (Fsp3) is 0.0968. The summed E-state index contributed by atoms with van der Waals surface area (Å²) >= 11 is 6.51. The summed E-state index contributed by atoms with van der Waals surface area (Å²) in [6.45, 7) is 0. The molecule has 200 valence electrons. The zero-order valence-corrected chi connectivity index (χ0v) is 22.2. The van der Waals surface area contributed by atoms with Crippen molar-refractivity contribution in [1.82, 2.24) is 0 Å². The van der Waals surface area contributed by atoms with E-state index in [0.29, 0.717) is 16.9 Å². The largest absolute Gasteiger partial charge is 0.497 e. The zero-order chi connectivity index (χ0) is 28.4. The number of esters is 1. The summed E-state index contributed by atoms with van der Waals surface area (Å²) in [6, 6.07) is 24.0. The number of hydrogen-bond acceptors (Lipinski definition) is 7. The number of amides is 2. The first kappa shape index (κ1) is 26.6. The monoisotopic (exact) mass is 555 g/mol. The van der Waals surface area contributed by atoms with E-state index in [2.05, 4.69) is 0 Å². The first-order valence-corrected chi connectivity index (χ1v) is 12.5. The van der Waals surface area contributed by atoms with Gasteiger partial charge in [0.2, 0.25) is 5.78 Å². The molecule has 40 heavy (non-hydrogen) atoms. The van der Waals surface area contributed by atoms with E-state index in [4.69, 9.17) is 25.8 Å². The topological polar surface area (TPSA) is 99.2 Å². The summed E-state index contributed by atoms with van der Waals surface area (Å²) in [5.74, 6) is -1.85. The Labute approximate surface area is 234 Å². The molecule has 0 bridgehead atoms. The second-order valence-electron chi connectivity index (χ2n) is 8.78. The summed E-state index contributed by atoms with van der Waals surface area (Å²) in [7, 11) is 2.84. The maximum atomic E-state index is 13.5. The number of benzene rings is 4. The Morgan fingerprint density at radius 3 is 1.95 bits per heavy atom. The van der Waals surface area contributed by atoms with Crippen LogP contribution in [0.3, 0.4) is 0 Å². The Hall–Kier alpha value is -4.95. The SMILES string of the molecule is COc1ccc(C(=O)[C@@H](OC(=O)c2cc(Cl)c(N3C(=O)c4ccccc4C3=O)cc2OC)c2ccccc2)cc1.